The lowest BCUT2D eigenvalue weighted by molar-refractivity contribution is 0.253. The number of hydrogen-bond donors (Lipinski definition) is 2. The number of anilines is 1. The first-order valence-corrected chi connectivity index (χ1v) is 6.45. The Balaban J connectivity index is 2.05. The summed E-state index contributed by atoms with van der Waals surface area (Å²) in [5, 5.41) is 15.8. The maximum atomic E-state index is 9.07. The van der Waals surface area contributed by atoms with Crippen LogP contribution in [0.1, 0.15) is 31.0 Å². The molecule has 18 heavy (non-hydrogen) atoms. The van der Waals surface area contributed by atoms with Crippen LogP contribution in [0.3, 0.4) is 0 Å². The van der Waals surface area contributed by atoms with Crippen molar-refractivity contribution in [3.63, 3.8) is 0 Å². The predicted molar refractivity (Wildman–Crippen MR) is 72.4 cm³/mol. The van der Waals surface area contributed by atoms with E-state index in [4.69, 9.17) is 5.26 Å². The molecule has 1 aliphatic heterocycles. The summed E-state index contributed by atoms with van der Waals surface area (Å²) in [5.74, 6) is 0.712. The Labute approximate surface area is 108 Å². The molecule has 4 heteroatoms. The quantitative estimate of drug-likeness (QED) is 0.854. The van der Waals surface area contributed by atoms with Crippen LogP contribution in [-0.4, -0.2) is 24.6 Å². The molecule has 1 aromatic rings. The summed E-state index contributed by atoms with van der Waals surface area (Å²) in [4.78, 5) is 4.41. The van der Waals surface area contributed by atoms with Gasteiger partial charge in [-0.15, -0.1) is 0 Å². The normalized spacial score (nSPS) is 23.4. The Bertz CT molecular complexity index is 455. The molecule has 1 aliphatic rings. The van der Waals surface area contributed by atoms with Crippen molar-refractivity contribution in [1.29, 1.82) is 5.26 Å². The van der Waals surface area contributed by atoms with Gasteiger partial charge in [0.1, 0.15) is 11.9 Å². The molecular weight excluding hydrogens is 224 g/mol. The number of rotatable bonds is 3. The first kappa shape index (κ1) is 12.8. The summed E-state index contributed by atoms with van der Waals surface area (Å²) in [5.41, 5.74) is 1.80. The van der Waals surface area contributed by atoms with E-state index < -0.39 is 0 Å². The first-order chi connectivity index (χ1) is 8.63. The molecule has 0 amide bonds. The van der Waals surface area contributed by atoms with E-state index in [1.807, 2.05) is 19.1 Å². The highest BCUT2D eigenvalue weighted by Crippen LogP contribution is 2.26. The van der Waals surface area contributed by atoms with Crippen molar-refractivity contribution in [2.75, 3.05) is 25.0 Å². The molecule has 1 aromatic heterocycles. The van der Waals surface area contributed by atoms with Crippen LogP contribution in [0.2, 0.25) is 0 Å². The van der Waals surface area contributed by atoms with Crippen LogP contribution in [-0.2, 0) is 0 Å². The SMILES string of the molecule is Cc1ccc(C#N)c(NCC2(C)CCCNC2)n1. The number of aryl methyl sites for hydroxylation is 1. The second-order valence-corrected chi connectivity index (χ2v) is 5.41. The molecule has 2 rings (SSSR count). The number of hydrogen-bond acceptors (Lipinski definition) is 4. The number of nitriles is 1. The molecule has 1 saturated heterocycles. The summed E-state index contributed by atoms with van der Waals surface area (Å²) >= 11 is 0. The van der Waals surface area contributed by atoms with Crippen molar-refractivity contribution >= 4 is 5.82 Å². The van der Waals surface area contributed by atoms with E-state index >= 15 is 0 Å². The van der Waals surface area contributed by atoms with Gasteiger partial charge in [-0.25, -0.2) is 4.98 Å². The molecule has 1 unspecified atom stereocenters. The van der Waals surface area contributed by atoms with Crippen LogP contribution >= 0.6 is 0 Å². The Kier molecular flexibility index (Phi) is 3.83. The molecular formula is C14H20N4. The number of aromatic nitrogens is 1. The number of nitrogens with zero attached hydrogens (tertiary/aromatic N) is 2. The lowest BCUT2D eigenvalue weighted by Gasteiger charge is -2.34. The Morgan fingerprint density at radius 1 is 1.56 bits per heavy atom. The molecule has 0 spiro atoms. The number of nitrogens with one attached hydrogen (secondary N) is 2. The second-order valence-electron chi connectivity index (χ2n) is 5.41. The van der Waals surface area contributed by atoms with Crippen LogP contribution in [0.5, 0.6) is 0 Å². The average molecular weight is 244 g/mol. The van der Waals surface area contributed by atoms with Gasteiger partial charge in [0.05, 0.1) is 5.56 Å². The monoisotopic (exact) mass is 244 g/mol. The highest BCUT2D eigenvalue weighted by molar-refractivity contribution is 5.52. The molecule has 0 saturated carbocycles. The molecule has 0 aromatic carbocycles. The van der Waals surface area contributed by atoms with E-state index in [0.29, 0.717) is 11.4 Å². The molecule has 0 aliphatic carbocycles. The Morgan fingerprint density at radius 2 is 2.39 bits per heavy atom. The highest BCUT2D eigenvalue weighted by Gasteiger charge is 2.26. The van der Waals surface area contributed by atoms with Gasteiger partial charge in [0.25, 0.3) is 0 Å². The van der Waals surface area contributed by atoms with E-state index in [1.54, 1.807) is 0 Å². The summed E-state index contributed by atoms with van der Waals surface area (Å²) < 4.78 is 0. The fraction of sp³-hybridized carbons (Fsp3) is 0.571. The van der Waals surface area contributed by atoms with Crippen LogP contribution in [0.4, 0.5) is 5.82 Å². The van der Waals surface area contributed by atoms with E-state index in [9.17, 15) is 0 Å². The smallest absolute Gasteiger partial charge is 0.144 e. The van der Waals surface area contributed by atoms with Gasteiger partial charge in [0, 0.05) is 18.8 Å². The molecule has 1 atom stereocenters. The second kappa shape index (κ2) is 5.36. The summed E-state index contributed by atoms with van der Waals surface area (Å²) in [6, 6.07) is 5.88. The number of pyridine rings is 1. The third kappa shape index (κ3) is 2.99. The van der Waals surface area contributed by atoms with E-state index in [1.165, 1.54) is 12.8 Å². The van der Waals surface area contributed by atoms with Gasteiger partial charge >= 0.3 is 0 Å². The van der Waals surface area contributed by atoms with Crippen molar-refractivity contribution in [2.24, 2.45) is 5.41 Å². The Morgan fingerprint density at radius 3 is 3.06 bits per heavy atom. The minimum atomic E-state index is 0.246. The van der Waals surface area contributed by atoms with Gasteiger partial charge in [-0.2, -0.15) is 5.26 Å². The zero-order chi connectivity index (χ0) is 13.0. The van der Waals surface area contributed by atoms with Gasteiger partial charge in [-0.1, -0.05) is 6.92 Å². The first-order valence-electron chi connectivity index (χ1n) is 6.45. The highest BCUT2D eigenvalue weighted by atomic mass is 15.0. The topological polar surface area (TPSA) is 60.7 Å². The van der Waals surface area contributed by atoms with Crippen LogP contribution < -0.4 is 10.6 Å². The minimum Gasteiger partial charge on any atom is -0.368 e. The molecule has 2 heterocycles. The van der Waals surface area contributed by atoms with Crippen LogP contribution in [0, 0.1) is 23.7 Å². The Hall–Kier alpha value is -1.60. The maximum Gasteiger partial charge on any atom is 0.144 e. The van der Waals surface area contributed by atoms with Crippen molar-refractivity contribution in [1.82, 2.24) is 10.3 Å². The maximum absolute atomic E-state index is 9.07. The fourth-order valence-corrected chi connectivity index (χ4v) is 2.35. The molecule has 1 fully saturated rings. The van der Waals surface area contributed by atoms with Crippen molar-refractivity contribution < 1.29 is 0 Å². The van der Waals surface area contributed by atoms with Crippen molar-refractivity contribution in [3.8, 4) is 6.07 Å². The van der Waals surface area contributed by atoms with Gasteiger partial charge in [0.2, 0.25) is 0 Å². The van der Waals surface area contributed by atoms with Gasteiger partial charge in [-0.05, 0) is 43.9 Å². The largest absolute Gasteiger partial charge is 0.368 e. The van der Waals surface area contributed by atoms with E-state index in [-0.39, 0.29) is 5.41 Å². The zero-order valence-corrected chi connectivity index (χ0v) is 11.1. The summed E-state index contributed by atoms with van der Waals surface area (Å²) in [7, 11) is 0. The third-order valence-corrected chi connectivity index (χ3v) is 3.52. The van der Waals surface area contributed by atoms with Crippen molar-refractivity contribution in [2.45, 2.75) is 26.7 Å². The van der Waals surface area contributed by atoms with Crippen molar-refractivity contribution in [3.05, 3.63) is 23.4 Å². The van der Waals surface area contributed by atoms with Gasteiger partial charge < -0.3 is 10.6 Å². The standard InChI is InChI=1S/C14H20N4/c1-11-4-5-12(8-15)13(18-11)17-10-14(2)6-3-7-16-9-14/h4-5,16H,3,6-7,9-10H2,1-2H3,(H,17,18). The molecule has 0 bridgehead atoms. The van der Waals surface area contributed by atoms with E-state index in [0.717, 1.165) is 25.3 Å². The zero-order valence-electron chi connectivity index (χ0n) is 11.1. The average Bonchev–Trinajstić information content (AvgIpc) is 2.38. The molecule has 96 valence electrons. The molecule has 2 N–H and O–H groups in total. The minimum absolute atomic E-state index is 0.246. The fourth-order valence-electron chi connectivity index (χ4n) is 2.35. The molecule has 4 nitrogen and oxygen atoms in total. The predicted octanol–water partition coefficient (Wildman–Crippen LogP) is 2.06. The molecule has 0 radical (unpaired) electrons. The van der Waals surface area contributed by atoms with Crippen LogP contribution in [0.15, 0.2) is 12.1 Å². The van der Waals surface area contributed by atoms with E-state index in [2.05, 4.69) is 28.6 Å². The number of piperidine rings is 1. The third-order valence-electron chi connectivity index (χ3n) is 3.52. The van der Waals surface area contributed by atoms with Crippen LogP contribution in [0.25, 0.3) is 0 Å². The lowest BCUT2D eigenvalue weighted by Crippen LogP contribution is -2.42. The van der Waals surface area contributed by atoms with Gasteiger partial charge in [0.15, 0.2) is 0 Å². The lowest BCUT2D eigenvalue weighted by atomic mass is 9.83. The summed E-state index contributed by atoms with van der Waals surface area (Å²) in [6.07, 6.45) is 2.42. The summed E-state index contributed by atoms with van der Waals surface area (Å²) in [6.45, 7) is 7.20. The van der Waals surface area contributed by atoms with Gasteiger partial charge in [-0.3, -0.25) is 0 Å².